The number of benzene rings is 1. The van der Waals surface area contributed by atoms with Gasteiger partial charge in [-0.2, -0.15) is 0 Å². The number of aryl methyl sites for hydroxylation is 1. The second-order valence-corrected chi connectivity index (χ2v) is 5.98. The summed E-state index contributed by atoms with van der Waals surface area (Å²) in [6, 6.07) is 12.7. The van der Waals surface area contributed by atoms with Gasteiger partial charge >= 0.3 is 0 Å². The summed E-state index contributed by atoms with van der Waals surface area (Å²) in [6.45, 7) is 7.39. The number of rotatable bonds is 3. The van der Waals surface area contributed by atoms with Crippen LogP contribution in [-0.2, 0) is 6.54 Å². The third-order valence-corrected chi connectivity index (χ3v) is 4.14. The molecule has 0 saturated carbocycles. The van der Waals surface area contributed by atoms with Crippen molar-refractivity contribution in [2.75, 3.05) is 31.1 Å². The van der Waals surface area contributed by atoms with Gasteiger partial charge in [-0.15, -0.1) is 0 Å². The van der Waals surface area contributed by atoms with Crippen molar-refractivity contribution < 1.29 is 0 Å². The van der Waals surface area contributed by atoms with Crippen molar-refractivity contribution in [1.82, 2.24) is 9.88 Å². The van der Waals surface area contributed by atoms with Crippen LogP contribution in [0.25, 0.3) is 0 Å². The summed E-state index contributed by atoms with van der Waals surface area (Å²) in [6.07, 6.45) is 1.78. The van der Waals surface area contributed by atoms with Crippen LogP contribution in [0.3, 0.4) is 0 Å². The summed E-state index contributed by atoms with van der Waals surface area (Å²) < 4.78 is 0. The van der Waals surface area contributed by atoms with Crippen molar-refractivity contribution in [3.05, 3.63) is 58.9 Å². The van der Waals surface area contributed by atoms with Crippen molar-refractivity contribution in [1.29, 1.82) is 0 Å². The molecule has 1 aliphatic rings. The largest absolute Gasteiger partial charge is 0.369 e. The Morgan fingerprint density at radius 3 is 2.62 bits per heavy atom. The van der Waals surface area contributed by atoms with E-state index in [4.69, 9.17) is 11.6 Å². The standard InChI is InChI=1S/C17H20ClN3/c1-14-3-2-4-16(11-14)21-9-7-20(8-10-21)13-15-5-6-19-17(18)12-15/h2-6,11-12H,7-10,13H2,1H3. The van der Waals surface area contributed by atoms with Crippen molar-refractivity contribution in [3.8, 4) is 0 Å². The number of anilines is 1. The molecule has 110 valence electrons. The van der Waals surface area contributed by atoms with E-state index >= 15 is 0 Å². The Morgan fingerprint density at radius 2 is 1.90 bits per heavy atom. The second-order valence-electron chi connectivity index (χ2n) is 5.59. The highest BCUT2D eigenvalue weighted by Crippen LogP contribution is 2.19. The molecule has 2 heterocycles. The third kappa shape index (κ3) is 3.74. The van der Waals surface area contributed by atoms with E-state index in [1.54, 1.807) is 6.20 Å². The zero-order chi connectivity index (χ0) is 14.7. The SMILES string of the molecule is Cc1cccc(N2CCN(Cc3ccnc(Cl)c3)CC2)c1. The molecule has 0 amide bonds. The molecular formula is C17H20ClN3. The third-order valence-electron chi connectivity index (χ3n) is 3.94. The predicted molar refractivity (Wildman–Crippen MR) is 87.9 cm³/mol. The van der Waals surface area contributed by atoms with Gasteiger partial charge in [-0.05, 0) is 42.3 Å². The van der Waals surface area contributed by atoms with Gasteiger partial charge in [0.1, 0.15) is 5.15 Å². The van der Waals surface area contributed by atoms with Gasteiger partial charge in [0, 0.05) is 44.6 Å². The number of aromatic nitrogens is 1. The average Bonchev–Trinajstić information content (AvgIpc) is 2.48. The van der Waals surface area contributed by atoms with Gasteiger partial charge in [-0.25, -0.2) is 4.98 Å². The normalized spacial score (nSPS) is 16.2. The van der Waals surface area contributed by atoms with Crippen molar-refractivity contribution in [2.45, 2.75) is 13.5 Å². The van der Waals surface area contributed by atoms with Gasteiger partial charge in [-0.1, -0.05) is 23.7 Å². The summed E-state index contributed by atoms with van der Waals surface area (Å²) >= 11 is 5.94. The lowest BCUT2D eigenvalue weighted by Gasteiger charge is -2.36. The fraction of sp³-hybridized carbons (Fsp3) is 0.353. The predicted octanol–water partition coefficient (Wildman–Crippen LogP) is 3.37. The van der Waals surface area contributed by atoms with Gasteiger partial charge in [0.05, 0.1) is 0 Å². The van der Waals surface area contributed by atoms with Crippen LogP contribution in [0.5, 0.6) is 0 Å². The van der Waals surface area contributed by atoms with Crippen LogP contribution in [0.1, 0.15) is 11.1 Å². The molecule has 21 heavy (non-hydrogen) atoms. The van der Waals surface area contributed by atoms with Crippen LogP contribution in [0.4, 0.5) is 5.69 Å². The lowest BCUT2D eigenvalue weighted by Crippen LogP contribution is -2.45. The van der Waals surface area contributed by atoms with Crippen LogP contribution in [-0.4, -0.2) is 36.1 Å². The summed E-state index contributed by atoms with van der Waals surface area (Å²) in [5.41, 5.74) is 3.89. The monoisotopic (exact) mass is 301 g/mol. The number of halogens is 1. The molecule has 0 spiro atoms. The minimum Gasteiger partial charge on any atom is -0.369 e. The summed E-state index contributed by atoms with van der Waals surface area (Å²) in [5, 5.41) is 0.575. The molecule has 3 rings (SSSR count). The quantitative estimate of drug-likeness (QED) is 0.810. The first-order chi connectivity index (χ1) is 10.2. The van der Waals surface area contributed by atoms with Gasteiger partial charge in [-0.3, -0.25) is 4.90 Å². The van der Waals surface area contributed by atoms with E-state index in [1.807, 2.05) is 12.1 Å². The Hall–Kier alpha value is -1.58. The Labute approximate surface area is 131 Å². The highest BCUT2D eigenvalue weighted by atomic mass is 35.5. The number of hydrogen-bond donors (Lipinski definition) is 0. The minimum atomic E-state index is 0.575. The molecule has 0 unspecified atom stereocenters. The molecule has 0 radical (unpaired) electrons. The Bertz CT molecular complexity index is 606. The molecule has 1 fully saturated rings. The smallest absolute Gasteiger partial charge is 0.129 e. The van der Waals surface area contributed by atoms with Gasteiger partial charge in [0.15, 0.2) is 0 Å². The molecule has 2 aromatic rings. The fourth-order valence-corrected chi connectivity index (χ4v) is 2.98. The average molecular weight is 302 g/mol. The highest BCUT2D eigenvalue weighted by molar-refractivity contribution is 6.29. The van der Waals surface area contributed by atoms with Crippen LogP contribution < -0.4 is 4.90 Å². The number of hydrogen-bond acceptors (Lipinski definition) is 3. The second kappa shape index (κ2) is 6.46. The fourth-order valence-electron chi connectivity index (χ4n) is 2.79. The van der Waals surface area contributed by atoms with E-state index < -0.39 is 0 Å². The molecule has 4 heteroatoms. The van der Waals surface area contributed by atoms with Crippen LogP contribution in [0.15, 0.2) is 42.6 Å². The molecule has 0 N–H and O–H groups in total. The molecule has 0 aliphatic carbocycles. The maximum Gasteiger partial charge on any atom is 0.129 e. The molecule has 3 nitrogen and oxygen atoms in total. The molecule has 1 aromatic heterocycles. The first-order valence-corrected chi connectivity index (χ1v) is 7.73. The lowest BCUT2D eigenvalue weighted by atomic mass is 10.2. The first kappa shape index (κ1) is 14.4. The first-order valence-electron chi connectivity index (χ1n) is 7.35. The van der Waals surface area contributed by atoms with Gasteiger partial charge in [0.2, 0.25) is 0 Å². The van der Waals surface area contributed by atoms with Crippen molar-refractivity contribution in [2.24, 2.45) is 0 Å². The molecule has 1 aliphatic heterocycles. The Morgan fingerprint density at radius 1 is 1.10 bits per heavy atom. The number of pyridine rings is 1. The minimum absolute atomic E-state index is 0.575. The van der Waals surface area contributed by atoms with Crippen LogP contribution in [0, 0.1) is 6.92 Å². The summed E-state index contributed by atoms with van der Waals surface area (Å²) in [5.74, 6) is 0. The Kier molecular flexibility index (Phi) is 4.42. The van der Waals surface area contributed by atoms with Gasteiger partial charge in [0.25, 0.3) is 0 Å². The van der Waals surface area contributed by atoms with E-state index in [1.165, 1.54) is 16.8 Å². The summed E-state index contributed by atoms with van der Waals surface area (Å²) in [7, 11) is 0. The molecule has 0 bridgehead atoms. The van der Waals surface area contributed by atoms with Crippen LogP contribution >= 0.6 is 11.6 Å². The van der Waals surface area contributed by atoms with Crippen molar-refractivity contribution >= 4 is 17.3 Å². The highest BCUT2D eigenvalue weighted by Gasteiger charge is 2.17. The maximum atomic E-state index is 5.94. The van der Waals surface area contributed by atoms with E-state index in [-0.39, 0.29) is 0 Å². The van der Waals surface area contributed by atoms with Crippen molar-refractivity contribution in [3.63, 3.8) is 0 Å². The maximum absolute atomic E-state index is 5.94. The zero-order valence-electron chi connectivity index (χ0n) is 12.3. The van der Waals surface area contributed by atoms with E-state index in [0.29, 0.717) is 5.15 Å². The molecular weight excluding hydrogens is 282 g/mol. The van der Waals surface area contributed by atoms with E-state index in [0.717, 1.165) is 32.7 Å². The van der Waals surface area contributed by atoms with E-state index in [2.05, 4.69) is 46.0 Å². The van der Waals surface area contributed by atoms with Crippen LogP contribution in [0.2, 0.25) is 5.15 Å². The molecule has 1 saturated heterocycles. The number of nitrogens with zero attached hydrogens (tertiary/aromatic N) is 3. The summed E-state index contributed by atoms with van der Waals surface area (Å²) in [4.78, 5) is 8.96. The van der Waals surface area contributed by atoms with E-state index in [9.17, 15) is 0 Å². The molecule has 1 aromatic carbocycles. The molecule has 0 atom stereocenters. The Balaban J connectivity index is 1.58. The lowest BCUT2D eigenvalue weighted by molar-refractivity contribution is 0.250. The zero-order valence-corrected chi connectivity index (χ0v) is 13.1. The number of piperazine rings is 1. The van der Waals surface area contributed by atoms with Gasteiger partial charge < -0.3 is 4.90 Å². The topological polar surface area (TPSA) is 19.4 Å².